The number of hydrogen-bond acceptors (Lipinski definition) is 2. The lowest BCUT2D eigenvalue weighted by atomic mass is 10.3. The number of alkyl halides is 1. The maximum absolute atomic E-state index is 12.7. The first-order chi connectivity index (χ1) is 5.79. The van der Waals surface area contributed by atoms with Gasteiger partial charge in [0.25, 0.3) is 0 Å². The number of hydrogen-bond donors (Lipinski definition) is 0. The molecule has 0 aliphatic rings. The molecule has 0 N–H and O–H groups in total. The molecule has 0 amide bonds. The molecule has 0 atom stereocenters. The highest BCUT2D eigenvalue weighted by Gasteiger charge is 2.04. The number of aromatic nitrogens is 1. The molecule has 0 unspecified atom stereocenters. The van der Waals surface area contributed by atoms with E-state index in [0.29, 0.717) is 22.3 Å². The fourth-order valence-corrected chi connectivity index (χ4v) is 1.25. The van der Waals surface area contributed by atoms with Gasteiger partial charge >= 0.3 is 0 Å². The molecule has 4 heteroatoms. The first kappa shape index (κ1) is 7.73. The molecule has 1 aromatic heterocycles. The lowest BCUT2D eigenvalue weighted by molar-refractivity contribution is 0.557. The number of oxazole rings is 1. The molecule has 2 aromatic rings. The van der Waals surface area contributed by atoms with Crippen molar-refractivity contribution in [3.8, 4) is 0 Å². The van der Waals surface area contributed by atoms with E-state index in [1.54, 1.807) is 6.07 Å². The summed E-state index contributed by atoms with van der Waals surface area (Å²) < 4.78 is 17.9. The Labute approximate surface area is 76.5 Å². The van der Waals surface area contributed by atoms with Gasteiger partial charge < -0.3 is 4.42 Å². The maximum Gasteiger partial charge on any atom is 0.206 e. The predicted molar refractivity (Wildman–Crippen MR) is 46.6 cm³/mol. The van der Waals surface area contributed by atoms with Crippen LogP contribution >= 0.6 is 15.9 Å². The average Bonchev–Trinajstić information content (AvgIpc) is 2.46. The Morgan fingerprint density at radius 1 is 1.50 bits per heavy atom. The van der Waals surface area contributed by atoms with Crippen molar-refractivity contribution >= 4 is 27.0 Å². The van der Waals surface area contributed by atoms with Crippen molar-refractivity contribution < 1.29 is 8.81 Å². The third kappa shape index (κ3) is 1.22. The highest BCUT2D eigenvalue weighted by Crippen LogP contribution is 2.17. The van der Waals surface area contributed by atoms with E-state index in [1.165, 1.54) is 12.1 Å². The Hall–Kier alpha value is -0.900. The van der Waals surface area contributed by atoms with Crippen LogP contribution in [0.2, 0.25) is 0 Å². The molecular weight excluding hydrogens is 225 g/mol. The summed E-state index contributed by atoms with van der Waals surface area (Å²) in [6, 6.07) is 4.28. The van der Waals surface area contributed by atoms with E-state index < -0.39 is 0 Å². The molecule has 2 nitrogen and oxygen atoms in total. The molecule has 62 valence electrons. The van der Waals surface area contributed by atoms with Crippen molar-refractivity contribution in [2.75, 3.05) is 0 Å². The van der Waals surface area contributed by atoms with Crippen LogP contribution in [-0.4, -0.2) is 4.98 Å². The summed E-state index contributed by atoms with van der Waals surface area (Å²) in [4.78, 5) is 4.04. The van der Waals surface area contributed by atoms with E-state index in [9.17, 15) is 4.39 Å². The van der Waals surface area contributed by atoms with E-state index in [2.05, 4.69) is 20.9 Å². The van der Waals surface area contributed by atoms with Crippen molar-refractivity contribution in [1.29, 1.82) is 0 Å². The zero-order valence-electron chi connectivity index (χ0n) is 6.05. The van der Waals surface area contributed by atoms with E-state index in [1.807, 2.05) is 0 Å². The highest BCUT2D eigenvalue weighted by atomic mass is 79.9. The topological polar surface area (TPSA) is 26.0 Å². The number of benzene rings is 1. The van der Waals surface area contributed by atoms with Crippen molar-refractivity contribution in [2.45, 2.75) is 5.33 Å². The highest BCUT2D eigenvalue weighted by molar-refractivity contribution is 9.08. The van der Waals surface area contributed by atoms with Crippen LogP contribution in [0.4, 0.5) is 4.39 Å². The summed E-state index contributed by atoms with van der Waals surface area (Å²) in [6.07, 6.45) is 0. The quantitative estimate of drug-likeness (QED) is 0.704. The second kappa shape index (κ2) is 2.86. The van der Waals surface area contributed by atoms with E-state index >= 15 is 0 Å². The van der Waals surface area contributed by atoms with Crippen LogP contribution in [0.5, 0.6) is 0 Å². The van der Waals surface area contributed by atoms with Gasteiger partial charge in [0, 0.05) is 6.07 Å². The summed E-state index contributed by atoms with van der Waals surface area (Å²) in [5, 5.41) is 0.545. The lowest BCUT2D eigenvalue weighted by Gasteiger charge is -1.84. The van der Waals surface area contributed by atoms with Gasteiger partial charge in [0.15, 0.2) is 5.58 Å². The van der Waals surface area contributed by atoms with Crippen LogP contribution in [0.15, 0.2) is 22.6 Å². The monoisotopic (exact) mass is 229 g/mol. The maximum atomic E-state index is 12.7. The summed E-state index contributed by atoms with van der Waals surface area (Å²) in [7, 11) is 0. The number of halogens is 2. The summed E-state index contributed by atoms with van der Waals surface area (Å²) in [5.74, 6) is 0.271. The van der Waals surface area contributed by atoms with Gasteiger partial charge in [0.1, 0.15) is 11.3 Å². The number of nitrogens with zero attached hydrogens (tertiary/aromatic N) is 1. The van der Waals surface area contributed by atoms with Gasteiger partial charge in [-0.15, -0.1) is 0 Å². The first-order valence-corrected chi connectivity index (χ1v) is 4.52. The molecule has 12 heavy (non-hydrogen) atoms. The first-order valence-electron chi connectivity index (χ1n) is 3.40. The fourth-order valence-electron chi connectivity index (χ4n) is 1.01. The van der Waals surface area contributed by atoms with Crippen LogP contribution in [0, 0.1) is 5.82 Å². The molecule has 0 fully saturated rings. The zero-order valence-corrected chi connectivity index (χ0v) is 7.64. The second-order valence-corrected chi connectivity index (χ2v) is 2.91. The predicted octanol–water partition coefficient (Wildman–Crippen LogP) is 2.86. The van der Waals surface area contributed by atoms with Crippen LogP contribution in [0.25, 0.3) is 11.1 Å². The summed E-state index contributed by atoms with van der Waals surface area (Å²) in [5.41, 5.74) is 1.18. The Morgan fingerprint density at radius 3 is 3.08 bits per heavy atom. The Balaban J connectivity index is 2.67. The second-order valence-electron chi connectivity index (χ2n) is 2.35. The van der Waals surface area contributed by atoms with E-state index in [4.69, 9.17) is 4.42 Å². The molecule has 0 saturated carbocycles. The molecule has 0 spiro atoms. The third-order valence-corrected chi connectivity index (χ3v) is 1.99. The molecule has 0 saturated heterocycles. The van der Waals surface area contributed by atoms with Crippen LogP contribution < -0.4 is 0 Å². The molecule has 0 radical (unpaired) electrons. The minimum atomic E-state index is -0.295. The third-order valence-electron chi connectivity index (χ3n) is 1.51. The Kier molecular flexibility index (Phi) is 1.84. The van der Waals surface area contributed by atoms with Crippen LogP contribution in [0.1, 0.15) is 5.89 Å². The number of rotatable bonds is 1. The van der Waals surface area contributed by atoms with Gasteiger partial charge in [0.05, 0.1) is 5.33 Å². The minimum Gasteiger partial charge on any atom is -0.440 e. The lowest BCUT2D eigenvalue weighted by Crippen LogP contribution is -1.74. The smallest absolute Gasteiger partial charge is 0.206 e. The Morgan fingerprint density at radius 2 is 2.33 bits per heavy atom. The van der Waals surface area contributed by atoms with Gasteiger partial charge in [0.2, 0.25) is 5.89 Å². The largest absolute Gasteiger partial charge is 0.440 e. The fraction of sp³-hybridized carbons (Fsp3) is 0.125. The zero-order chi connectivity index (χ0) is 8.55. The molecule has 0 aliphatic heterocycles. The molecular formula is C8H5BrFNO. The van der Waals surface area contributed by atoms with Crippen molar-refractivity contribution in [1.82, 2.24) is 4.98 Å². The van der Waals surface area contributed by atoms with Gasteiger partial charge in [-0.05, 0) is 12.1 Å². The van der Waals surface area contributed by atoms with Gasteiger partial charge in [-0.2, -0.15) is 0 Å². The van der Waals surface area contributed by atoms with Crippen LogP contribution in [0.3, 0.4) is 0 Å². The van der Waals surface area contributed by atoms with E-state index in [-0.39, 0.29) is 5.82 Å². The summed E-state index contributed by atoms with van der Waals surface area (Å²) in [6.45, 7) is 0. The van der Waals surface area contributed by atoms with Gasteiger partial charge in [-0.3, -0.25) is 0 Å². The number of fused-ring (bicyclic) bond motifs is 1. The molecule has 2 rings (SSSR count). The van der Waals surface area contributed by atoms with Crippen LogP contribution in [-0.2, 0) is 5.33 Å². The van der Waals surface area contributed by atoms with Gasteiger partial charge in [-0.25, -0.2) is 9.37 Å². The van der Waals surface area contributed by atoms with E-state index in [0.717, 1.165) is 0 Å². The standard InChI is InChI=1S/C8H5BrFNO/c9-4-8-11-6-3-5(10)1-2-7(6)12-8/h1-3H,4H2. The Bertz CT molecular complexity index is 412. The van der Waals surface area contributed by atoms with Gasteiger partial charge in [-0.1, -0.05) is 15.9 Å². The van der Waals surface area contributed by atoms with Crippen molar-refractivity contribution in [3.63, 3.8) is 0 Å². The minimum absolute atomic E-state index is 0.295. The normalized spacial score (nSPS) is 10.8. The molecule has 1 heterocycles. The molecule has 0 aliphatic carbocycles. The SMILES string of the molecule is Fc1ccc2oc(CBr)nc2c1. The molecule has 0 bridgehead atoms. The van der Waals surface area contributed by atoms with Crippen molar-refractivity contribution in [2.24, 2.45) is 0 Å². The average molecular weight is 230 g/mol. The molecule has 1 aromatic carbocycles. The van der Waals surface area contributed by atoms with Crippen molar-refractivity contribution in [3.05, 3.63) is 29.9 Å². The summed E-state index contributed by atoms with van der Waals surface area (Å²) >= 11 is 3.20.